The van der Waals surface area contributed by atoms with Crippen molar-refractivity contribution < 1.29 is 9.72 Å². The zero-order valence-corrected chi connectivity index (χ0v) is 11.0. The Morgan fingerprint density at radius 1 is 1.42 bits per heavy atom. The van der Waals surface area contributed by atoms with E-state index in [1.807, 2.05) is 13.8 Å². The van der Waals surface area contributed by atoms with Crippen LogP contribution in [0.15, 0.2) is 18.2 Å². The number of nitrogens with zero attached hydrogens (tertiary/aromatic N) is 2. The molecule has 2 rings (SSSR count). The average Bonchev–Trinajstić information content (AvgIpc) is 2.38. The number of benzene rings is 1. The molecule has 0 aliphatic carbocycles. The molecule has 0 unspecified atom stereocenters. The van der Waals surface area contributed by atoms with Crippen molar-refractivity contribution in [3.63, 3.8) is 0 Å². The van der Waals surface area contributed by atoms with Crippen molar-refractivity contribution in [3.05, 3.63) is 33.9 Å². The monoisotopic (exact) mass is 263 g/mol. The first-order chi connectivity index (χ1) is 9.00. The number of rotatable bonds is 3. The molecule has 6 heteroatoms. The highest BCUT2D eigenvalue weighted by atomic mass is 16.6. The number of hydrogen-bond acceptors (Lipinski definition) is 3. The van der Waals surface area contributed by atoms with Gasteiger partial charge in [-0.25, -0.2) is 4.79 Å². The van der Waals surface area contributed by atoms with Gasteiger partial charge in [-0.2, -0.15) is 0 Å². The molecule has 19 heavy (non-hydrogen) atoms. The van der Waals surface area contributed by atoms with Gasteiger partial charge in [-0.3, -0.25) is 15.0 Å². The van der Waals surface area contributed by atoms with Crippen LogP contribution in [-0.2, 0) is 0 Å². The number of nitrogens with one attached hydrogen (secondary N) is 1. The zero-order valence-electron chi connectivity index (χ0n) is 11.0. The molecule has 6 nitrogen and oxygen atoms in total. The van der Waals surface area contributed by atoms with E-state index >= 15 is 0 Å². The van der Waals surface area contributed by atoms with Gasteiger partial charge in [-0.1, -0.05) is 13.8 Å². The Hall–Kier alpha value is -2.11. The number of carbonyl (C=O) groups excluding carboxylic acids is 1. The van der Waals surface area contributed by atoms with Crippen molar-refractivity contribution in [3.8, 4) is 0 Å². The summed E-state index contributed by atoms with van der Waals surface area (Å²) >= 11 is 0. The Morgan fingerprint density at radius 2 is 2.16 bits per heavy atom. The second-order valence-corrected chi connectivity index (χ2v) is 4.89. The maximum Gasteiger partial charge on any atom is 0.321 e. The maximum atomic E-state index is 11.9. The third-order valence-corrected chi connectivity index (χ3v) is 3.21. The molecule has 1 heterocycles. The average molecular weight is 263 g/mol. The van der Waals surface area contributed by atoms with Crippen molar-refractivity contribution in [1.82, 2.24) is 5.32 Å². The predicted molar refractivity (Wildman–Crippen MR) is 72.5 cm³/mol. The van der Waals surface area contributed by atoms with E-state index in [0.29, 0.717) is 13.1 Å². The van der Waals surface area contributed by atoms with Gasteiger partial charge in [0.25, 0.3) is 5.69 Å². The van der Waals surface area contributed by atoms with Crippen LogP contribution in [0.4, 0.5) is 16.2 Å². The largest absolute Gasteiger partial charge is 0.338 e. The first-order valence-corrected chi connectivity index (χ1v) is 6.34. The Balaban J connectivity index is 2.44. The Labute approximate surface area is 111 Å². The molecular formula is C13H17N3O3. The van der Waals surface area contributed by atoms with E-state index in [2.05, 4.69) is 5.32 Å². The van der Waals surface area contributed by atoms with Gasteiger partial charge in [0.2, 0.25) is 0 Å². The number of hydrogen-bond donors (Lipinski definition) is 1. The second kappa shape index (κ2) is 5.26. The van der Waals surface area contributed by atoms with Crippen LogP contribution in [0.1, 0.15) is 31.7 Å². The van der Waals surface area contributed by atoms with Crippen LogP contribution in [0.2, 0.25) is 0 Å². The summed E-state index contributed by atoms with van der Waals surface area (Å²) in [5.41, 5.74) is 1.65. The van der Waals surface area contributed by atoms with E-state index in [-0.39, 0.29) is 17.6 Å². The highest BCUT2D eigenvalue weighted by Crippen LogP contribution is 2.31. The molecule has 102 valence electrons. The molecule has 0 spiro atoms. The van der Waals surface area contributed by atoms with Gasteiger partial charge >= 0.3 is 6.03 Å². The second-order valence-electron chi connectivity index (χ2n) is 4.89. The first-order valence-electron chi connectivity index (χ1n) is 6.34. The van der Waals surface area contributed by atoms with Gasteiger partial charge < -0.3 is 5.32 Å². The van der Waals surface area contributed by atoms with E-state index < -0.39 is 4.92 Å². The fraction of sp³-hybridized carbons (Fsp3) is 0.462. The molecule has 1 aliphatic rings. The first kappa shape index (κ1) is 13.3. The van der Waals surface area contributed by atoms with Crippen molar-refractivity contribution in [1.29, 1.82) is 0 Å². The van der Waals surface area contributed by atoms with Crippen LogP contribution in [0.3, 0.4) is 0 Å². The number of carbonyl (C=O) groups is 1. The van der Waals surface area contributed by atoms with Crippen LogP contribution in [-0.4, -0.2) is 24.0 Å². The lowest BCUT2D eigenvalue weighted by molar-refractivity contribution is -0.384. The highest BCUT2D eigenvalue weighted by molar-refractivity contribution is 5.93. The minimum atomic E-state index is -0.411. The lowest BCUT2D eigenvalue weighted by Gasteiger charge is -2.30. The van der Waals surface area contributed by atoms with Gasteiger partial charge in [-0.05, 0) is 24.0 Å². The summed E-state index contributed by atoms with van der Waals surface area (Å²) in [5, 5.41) is 13.6. The number of non-ortho nitro benzene ring substituents is 1. The summed E-state index contributed by atoms with van der Waals surface area (Å²) in [6.07, 6.45) is 0.875. The standard InChI is InChI=1S/C13H17N3O3/c1-9(2)11-8-10(16(18)19)4-5-12(11)15-7-3-6-14-13(15)17/h4-5,8-9H,3,6-7H2,1-2H3,(H,14,17). The van der Waals surface area contributed by atoms with E-state index in [4.69, 9.17) is 0 Å². The summed E-state index contributed by atoms with van der Waals surface area (Å²) in [7, 11) is 0. The van der Waals surface area contributed by atoms with Crippen molar-refractivity contribution >= 4 is 17.4 Å². The molecule has 1 fully saturated rings. The number of nitro groups is 1. The molecule has 0 atom stereocenters. The van der Waals surface area contributed by atoms with Gasteiger partial charge in [0, 0.05) is 30.9 Å². The van der Waals surface area contributed by atoms with Crippen LogP contribution in [0, 0.1) is 10.1 Å². The van der Waals surface area contributed by atoms with E-state index in [1.54, 1.807) is 17.0 Å². The molecule has 0 saturated carbocycles. The van der Waals surface area contributed by atoms with Gasteiger partial charge in [0.15, 0.2) is 0 Å². The summed E-state index contributed by atoms with van der Waals surface area (Å²) < 4.78 is 0. The fourth-order valence-corrected chi connectivity index (χ4v) is 2.22. The predicted octanol–water partition coefficient (Wildman–Crippen LogP) is 2.64. The maximum absolute atomic E-state index is 11.9. The van der Waals surface area contributed by atoms with Crippen LogP contribution in [0.25, 0.3) is 0 Å². The van der Waals surface area contributed by atoms with Crippen LogP contribution < -0.4 is 10.2 Å². The lowest BCUT2D eigenvalue weighted by atomic mass is 9.99. The summed E-state index contributed by atoms with van der Waals surface area (Å²) in [6.45, 7) is 5.25. The Morgan fingerprint density at radius 3 is 2.74 bits per heavy atom. The number of urea groups is 1. The van der Waals surface area contributed by atoms with E-state index in [9.17, 15) is 14.9 Å². The number of anilines is 1. The van der Waals surface area contributed by atoms with Crippen LogP contribution in [0.5, 0.6) is 0 Å². The molecule has 1 aromatic carbocycles. The minimum Gasteiger partial charge on any atom is -0.338 e. The topological polar surface area (TPSA) is 75.5 Å². The van der Waals surface area contributed by atoms with Crippen molar-refractivity contribution in [2.45, 2.75) is 26.2 Å². The number of amides is 2. The summed E-state index contributed by atoms with van der Waals surface area (Å²) in [5.74, 6) is 0.115. The molecule has 2 amide bonds. The molecule has 0 radical (unpaired) electrons. The molecule has 1 N–H and O–H groups in total. The lowest BCUT2D eigenvalue weighted by Crippen LogP contribution is -2.46. The fourth-order valence-electron chi connectivity index (χ4n) is 2.22. The molecular weight excluding hydrogens is 246 g/mol. The molecule has 1 saturated heterocycles. The number of nitro benzene ring substituents is 1. The van der Waals surface area contributed by atoms with Crippen LogP contribution >= 0.6 is 0 Å². The molecule has 0 aromatic heterocycles. The summed E-state index contributed by atoms with van der Waals surface area (Å²) in [6, 6.07) is 4.53. The zero-order chi connectivity index (χ0) is 14.0. The van der Waals surface area contributed by atoms with Gasteiger partial charge in [0.1, 0.15) is 0 Å². The third kappa shape index (κ3) is 2.67. The molecule has 0 bridgehead atoms. The van der Waals surface area contributed by atoms with E-state index in [1.165, 1.54) is 6.07 Å². The minimum absolute atomic E-state index is 0.0601. The van der Waals surface area contributed by atoms with Gasteiger partial charge in [-0.15, -0.1) is 0 Å². The summed E-state index contributed by atoms with van der Waals surface area (Å²) in [4.78, 5) is 24.0. The highest BCUT2D eigenvalue weighted by Gasteiger charge is 2.24. The normalized spacial score (nSPS) is 15.5. The SMILES string of the molecule is CC(C)c1cc([N+](=O)[O-])ccc1N1CCCNC1=O. The molecule has 1 aromatic rings. The Kier molecular flexibility index (Phi) is 3.69. The third-order valence-electron chi connectivity index (χ3n) is 3.21. The van der Waals surface area contributed by atoms with Crippen molar-refractivity contribution in [2.75, 3.05) is 18.0 Å². The smallest absolute Gasteiger partial charge is 0.321 e. The van der Waals surface area contributed by atoms with Crippen molar-refractivity contribution in [2.24, 2.45) is 0 Å². The van der Waals surface area contributed by atoms with Gasteiger partial charge in [0.05, 0.1) is 4.92 Å². The molecule has 1 aliphatic heterocycles. The quantitative estimate of drug-likeness (QED) is 0.672. The van der Waals surface area contributed by atoms with E-state index in [0.717, 1.165) is 17.7 Å². The Bertz CT molecular complexity index is 514.